The van der Waals surface area contributed by atoms with Crippen molar-refractivity contribution in [3.8, 4) is 11.5 Å². The Hall–Kier alpha value is -3.58. The van der Waals surface area contributed by atoms with E-state index in [1.807, 2.05) is 0 Å². The number of hydrogen-bond acceptors (Lipinski definition) is 5. The Labute approximate surface area is 209 Å². The topological polar surface area (TPSA) is 84.8 Å². The Morgan fingerprint density at radius 2 is 1.38 bits per heavy atom. The summed E-state index contributed by atoms with van der Waals surface area (Å²) in [7, 11) is 1.46. The van der Waals surface area contributed by atoms with Crippen molar-refractivity contribution in [2.75, 3.05) is 7.11 Å². The van der Waals surface area contributed by atoms with Crippen molar-refractivity contribution in [2.24, 2.45) is 4.99 Å². The predicted octanol–water partition coefficient (Wildman–Crippen LogP) is 2.02. The van der Waals surface area contributed by atoms with Crippen molar-refractivity contribution < 1.29 is 19.7 Å². The van der Waals surface area contributed by atoms with Crippen molar-refractivity contribution in [3.63, 3.8) is 0 Å². The molecule has 4 aromatic carbocycles. The Balaban J connectivity index is 0.000000212. The number of benzene rings is 4. The normalized spacial score (nSPS) is 11.1. The van der Waals surface area contributed by atoms with Gasteiger partial charge in [0.25, 0.3) is 0 Å². The van der Waals surface area contributed by atoms with Crippen LogP contribution < -0.4 is 22.1 Å². The molecular formula is C28H23NO4Sn. The number of ether oxygens (including phenoxy) is 1. The van der Waals surface area contributed by atoms with E-state index in [-0.39, 0.29) is 11.3 Å². The molecule has 34 heavy (non-hydrogen) atoms. The van der Waals surface area contributed by atoms with Gasteiger partial charge in [0.2, 0.25) is 0 Å². The summed E-state index contributed by atoms with van der Waals surface area (Å²) in [5, 5.41) is 23.0. The second kappa shape index (κ2) is 13.2. The van der Waals surface area contributed by atoms with Crippen LogP contribution >= 0.6 is 0 Å². The molecule has 4 rings (SSSR count). The maximum atomic E-state index is 11.8. The van der Waals surface area contributed by atoms with Crippen LogP contribution in [0.25, 0.3) is 0 Å². The summed E-state index contributed by atoms with van der Waals surface area (Å²) < 4.78 is 8.01. The number of hydrogen-bond donors (Lipinski definition) is 0. The van der Waals surface area contributed by atoms with Crippen LogP contribution in [-0.2, 0) is 4.79 Å². The summed E-state index contributed by atoms with van der Waals surface area (Å²) in [5.41, 5.74) is 0.785. The van der Waals surface area contributed by atoms with Gasteiger partial charge >= 0.3 is 89.0 Å². The van der Waals surface area contributed by atoms with E-state index in [2.05, 4.69) is 65.7 Å². The van der Waals surface area contributed by atoms with Crippen LogP contribution in [0.4, 0.5) is 0 Å². The van der Waals surface area contributed by atoms with Gasteiger partial charge in [0.1, 0.15) is 11.8 Å². The second-order valence-electron chi connectivity index (χ2n) is 7.17. The number of methoxy groups -OCH3 is 1. The van der Waals surface area contributed by atoms with Crippen LogP contribution in [0.2, 0.25) is 0 Å². The number of carboxylic acids is 1. The van der Waals surface area contributed by atoms with E-state index in [0.29, 0.717) is 11.3 Å². The molecule has 0 radical (unpaired) electrons. The molecule has 0 aliphatic carbocycles. The summed E-state index contributed by atoms with van der Waals surface area (Å²) in [6.45, 7) is 0. The SMILES string of the molecule is COc1ccc(C=N[C@H](C(=O)[O-])c2ccccc2)c([O-])c1.c1cc[c]([Sn+2][c]2ccccc2)cc1. The van der Waals surface area contributed by atoms with Gasteiger partial charge < -0.3 is 19.7 Å². The van der Waals surface area contributed by atoms with Crippen molar-refractivity contribution in [2.45, 2.75) is 6.04 Å². The van der Waals surface area contributed by atoms with Crippen molar-refractivity contribution in [1.29, 1.82) is 0 Å². The van der Waals surface area contributed by atoms with E-state index in [9.17, 15) is 15.0 Å². The van der Waals surface area contributed by atoms with Gasteiger partial charge in [0.05, 0.1) is 13.1 Å². The Morgan fingerprint density at radius 1 is 0.853 bits per heavy atom. The minimum absolute atomic E-state index is 0.289. The van der Waals surface area contributed by atoms with Gasteiger partial charge in [-0.15, -0.1) is 0 Å². The molecule has 6 heteroatoms. The fourth-order valence-corrected chi connectivity index (χ4v) is 6.03. The van der Waals surface area contributed by atoms with Gasteiger partial charge in [0.15, 0.2) is 0 Å². The number of nitrogens with zero attached hydrogens (tertiary/aromatic N) is 1. The Kier molecular flexibility index (Phi) is 9.73. The zero-order valence-corrected chi connectivity index (χ0v) is 21.5. The first-order valence-electron chi connectivity index (χ1n) is 10.6. The molecule has 1 atom stereocenters. The zero-order valence-electron chi connectivity index (χ0n) is 18.6. The molecule has 5 nitrogen and oxygen atoms in total. The molecule has 0 aromatic heterocycles. The molecule has 0 saturated heterocycles. The average molecular weight is 556 g/mol. The van der Waals surface area contributed by atoms with E-state index in [1.54, 1.807) is 36.4 Å². The van der Waals surface area contributed by atoms with Crippen LogP contribution in [0.3, 0.4) is 0 Å². The number of carbonyl (C=O) groups excluding carboxylic acids is 1. The van der Waals surface area contributed by atoms with Gasteiger partial charge in [0, 0.05) is 6.21 Å². The van der Waals surface area contributed by atoms with Gasteiger partial charge in [-0.05, 0) is 23.3 Å². The van der Waals surface area contributed by atoms with Gasteiger partial charge in [-0.1, -0.05) is 42.1 Å². The molecule has 0 aliphatic heterocycles. The third kappa shape index (κ3) is 7.78. The van der Waals surface area contributed by atoms with E-state index < -0.39 is 33.2 Å². The first kappa shape index (κ1) is 25.0. The Morgan fingerprint density at radius 3 is 1.85 bits per heavy atom. The summed E-state index contributed by atoms with van der Waals surface area (Å²) in [5.74, 6) is -1.17. The maximum absolute atomic E-state index is 11.8. The van der Waals surface area contributed by atoms with E-state index in [1.165, 1.54) is 32.6 Å². The van der Waals surface area contributed by atoms with Crippen LogP contribution in [0.5, 0.6) is 11.5 Å². The number of aliphatic imine (C=N–C) groups is 1. The third-order valence-corrected chi connectivity index (χ3v) is 8.31. The first-order chi connectivity index (χ1) is 16.6. The molecule has 0 heterocycles. The molecule has 0 saturated carbocycles. The average Bonchev–Trinajstić information content (AvgIpc) is 2.87. The monoisotopic (exact) mass is 557 g/mol. The second-order valence-corrected chi connectivity index (χ2v) is 11.2. The van der Waals surface area contributed by atoms with Crippen LogP contribution in [0, 0.1) is 0 Å². The molecule has 0 amide bonds. The van der Waals surface area contributed by atoms with Gasteiger partial charge in [-0.2, -0.15) is 0 Å². The van der Waals surface area contributed by atoms with E-state index in [4.69, 9.17) is 4.74 Å². The van der Waals surface area contributed by atoms with Crippen molar-refractivity contribution in [3.05, 3.63) is 120 Å². The molecule has 0 N–H and O–H groups in total. The number of carboxylic acid groups (broad SMARTS) is 1. The molecular weight excluding hydrogens is 533 g/mol. The first-order valence-corrected chi connectivity index (χ1v) is 13.4. The van der Waals surface area contributed by atoms with Crippen molar-refractivity contribution in [1.82, 2.24) is 0 Å². The molecule has 4 aromatic rings. The standard InChI is InChI=1S/C16H15NO4.2C6H5.Sn/c1-21-13-8-7-12(14(18)9-13)10-17-15(16(19)20)11-5-3-2-4-6-11;2*1-2-4-6-5-3-1;/h2-10,15,18H,1H3,(H,19,20);2*1-5H;/q;;;+2/p-2/t15-;;;/m0.../s1. The third-order valence-electron chi connectivity index (χ3n) is 4.76. The Bertz CT molecular complexity index is 1160. The minimum atomic E-state index is -1.32. The molecule has 0 unspecified atom stereocenters. The zero-order chi connectivity index (χ0) is 24.2. The summed E-state index contributed by atoms with van der Waals surface area (Å²) in [6.07, 6.45) is 1.25. The van der Waals surface area contributed by atoms with Crippen LogP contribution in [0.1, 0.15) is 17.2 Å². The van der Waals surface area contributed by atoms with E-state index in [0.717, 1.165) is 0 Å². The fraction of sp³-hybridized carbons (Fsp3) is 0.0714. The summed E-state index contributed by atoms with van der Waals surface area (Å²) >= 11 is -0.517. The van der Waals surface area contributed by atoms with Crippen LogP contribution in [0.15, 0.2) is 114 Å². The summed E-state index contributed by atoms with van der Waals surface area (Å²) in [6, 6.07) is 33.4. The predicted molar refractivity (Wildman–Crippen MR) is 132 cm³/mol. The van der Waals surface area contributed by atoms with Gasteiger partial charge in [-0.25, -0.2) is 0 Å². The quantitative estimate of drug-likeness (QED) is 0.258. The van der Waals surface area contributed by atoms with Crippen molar-refractivity contribution >= 4 is 40.5 Å². The summed E-state index contributed by atoms with van der Waals surface area (Å²) in [4.78, 5) is 15.1. The number of rotatable bonds is 7. The molecule has 0 aliphatic rings. The molecule has 168 valence electrons. The molecule has 0 spiro atoms. The number of carbonyl (C=O) groups is 1. The van der Waals surface area contributed by atoms with Gasteiger partial charge in [-0.3, -0.25) is 4.99 Å². The fourth-order valence-electron chi connectivity index (χ4n) is 3.03. The molecule has 0 fully saturated rings. The number of aliphatic carboxylic acids is 1. The van der Waals surface area contributed by atoms with E-state index >= 15 is 0 Å². The molecule has 0 bridgehead atoms. The van der Waals surface area contributed by atoms with Crippen LogP contribution in [-0.4, -0.2) is 40.4 Å².